The molecule has 2 amide bonds. The van der Waals surface area contributed by atoms with Gasteiger partial charge in [-0.25, -0.2) is 4.79 Å². The molecule has 0 unspecified atom stereocenters. The standard InChI is InChI=1S/C13H25N3O2/c1-2-15-7-9-16(10-8-15)13(18)14-11-3-5-12(17)6-4-11/h11-12,17H,2-10H2,1H3,(H,14,18). The van der Waals surface area contributed by atoms with Gasteiger partial charge in [-0.05, 0) is 32.2 Å². The molecule has 1 aliphatic heterocycles. The highest BCUT2D eigenvalue weighted by Gasteiger charge is 2.24. The van der Waals surface area contributed by atoms with Crippen molar-refractivity contribution in [1.82, 2.24) is 15.1 Å². The fourth-order valence-electron chi connectivity index (χ4n) is 2.75. The first-order chi connectivity index (χ1) is 8.69. The van der Waals surface area contributed by atoms with Gasteiger partial charge in [-0.3, -0.25) is 0 Å². The van der Waals surface area contributed by atoms with Crippen LogP contribution in [-0.4, -0.2) is 65.8 Å². The number of aliphatic hydroxyl groups excluding tert-OH is 1. The van der Waals surface area contributed by atoms with Gasteiger partial charge in [0.25, 0.3) is 0 Å². The average Bonchev–Trinajstić information content (AvgIpc) is 2.41. The maximum atomic E-state index is 12.1. The van der Waals surface area contributed by atoms with E-state index in [1.54, 1.807) is 0 Å². The first kappa shape index (κ1) is 13.6. The van der Waals surface area contributed by atoms with Crippen molar-refractivity contribution >= 4 is 6.03 Å². The Hall–Kier alpha value is -0.810. The SMILES string of the molecule is CCN1CCN(C(=O)NC2CCC(O)CC2)CC1. The average molecular weight is 255 g/mol. The minimum absolute atomic E-state index is 0.0761. The lowest BCUT2D eigenvalue weighted by Crippen LogP contribution is -2.53. The van der Waals surface area contributed by atoms with Crippen molar-refractivity contribution in [3.8, 4) is 0 Å². The van der Waals surface area contributed by atoms with E-state index in [0.29, 0.717) is 0 Å². The van der Waals surface area contributed by atoms with E-state index >= 15 is 0 Å². The third-order valence-electron chi connectivity index (χ3n) is 4.13. The van der Waals surface area contributed by atoms with E-state index in [1.807, 2.05) is 4.90 Å². The highest BCUT2D eigenvalue weighted by Crippen LogP contribution is 2.18. The Kier molecular flexibility index (Phi) is 4.83. The molecule has 1 saturated heterocycles. The summed E-state index contributed by atoms with van der Waals surface area (Å²) < 4.78 is 0. The Morgan fingerprint density at radius 3 is 2.33 bits per heavy atom. The summed E-state index contributed by atoms with van der Waals surface area (Å²) in [6, 6.07) is 0.331. The van der Waals surface area contributed by atoms with Crippen molar-refractivity contribution in [2.75, 3.05) is 32.7 Å². The van der Waals surface area contributed by atoms with Crippen molar-refractivity contribution in [2.24, 2.45) is 0 Å². The summed E-state index contributed by atoms with van der Waals surface area (Å²) in [4.78, 5) is 16.4. The topological polar surface area (TPSA) is 55.8 Å². The highest BCUT2D eigenvalue weighted by atomic mass is 16.3. The molecule has 0 aromatic heterocycles. The molecule has 1 saturated carbocycles. The summed E-state index contributed by atoms with van der Waals surface area (Å²) >= 11 is 0. The second-order valence-corrected chi connectivity index (χ2v) is 5.38. The van der Waals surface area contributed by atoms with Gasteiger partial charge in [-0.1, -0.05) is 6.92 Å². The molecule has 0 aromatic rings. The Balaban J connectivity index is 1.72. The third-order valence-corrected chi connectivity index (χ3v) is 4.13. The summed E-state index contributed by atoms with van der Waals surface area (Å²) in [6.45, 7) is 6.84. The Labute approximate surface area is 109 Å². The molecule has 104 valence electrons. The number of nitrogens with zero attached hydrogens (tertiary/aromatic N) is 2. The predicted molar refractivity (Wildman–Crippen MR) is 70.5 cm³/mol. The van der Waals surface area contributed by atoms with E-state index < -0.39 is 0 Å². The lowest BCUT2D eigenvalue weighted by molar-refractivity contribution is 0.110. The zero-order chi connectivity index (χ0) is 13.0. The monoisotopic (exact) mass is 255 g/mol. The number of aliphatic hydroxyl groups is 1. The van der Waals surface area contributed by atoms with Gasteiger partial charge < -0.3 is 20.2 Å². The third kappa shape index (κ3) is 3.59. The van der Waals surface area contributed by atoms with E-state index in [4.69, 9.17) is 0 Å². The molecule has 5 heteroatoms. The maximum absolute atomic E-state index is 12.1. The lowest BCUT2D eigenvalue weighted by atomic mass is 9.93. The molecule has 2 aliphatic rings. The minimum Gasteiger partial charge on any atom is -0.393 e. The second kappa shape index (κ2) is 6.38. The molecule has 0 radical (unpaired) electrons. The molecule has 2 N–H and O–H groups in total. The van der Waals surface area contributed by atoms with Crippen molar-refractivity contribution in [3.63, 3.8) is 0 Å². The molecule has 2 rings (SSSR count). The summed E-state index contributed by atoms with van der Waals surface area (Å²) in [5, 5.41) is 12.5. The van der Waals surface area contributed by atoms with Gasteiger partial charge in [0.05, 0.1) is 6.10 Å². The number of hydrogen-bond acceptors (Lipinski definition) is 3. The van der Waals surface area contributed by atoms with E-state index in [-0.39, 0.29) is 18.2 Å². The van der Waals surface area contributed by atoms with Crippen LogP contribution >= 0.6 is 0 Å². The molecular formula is C13H25N3O2. The highest BCUT2D eigenvalue weighted by molar-refractivity contribution is 5.74. The van der Waals surface area contributed by atoms with Gasteiger partial charge in [0, 0.05) is 32.2 Å². The first-order valence-electron chi connectivity index (χ1n) is 7.15. The van der Waals surface area contributed by atoms with Gasteiger partial charge in [-0.2, -0.15) is 0 Å². The zero-order valence-electron chi connectivity index (χ0n) is 11.3. The zero-order valence-corrected chi connectivity index (χ0v) is 11.3. The molecule has 18 heavy (non-hydrogen) atoms. The quantitative estimate of drug-likeness (QED) is 0.761. The van der Waals surface area contributed by atoms with Gasteiger partial charge in [0.15, 0.2) is 0 Å². The van der Waals surface area contributed by atoms with Gasteiger partial charge >= 0.3 is 6.03 Å². The number of likely N-dealkylation sites (N-methyl/N-ethyl adjacent to an activating group) is 1. The van der Waals surface area contributed by atoms with Crippen molar-refractivity contribution in [3.05, 3.63) is 0 Å². The largest absolute Gasteiger partial charge is 0.393 e. The van der Waals surface area contributed by atoms with E-state index in [9.17, 15) is 9.90 Å². The van der Waals surface area contributed by atoms with E-state index in [1.165, 1.54) is 0 Å². The molecule has 0 atom stereocenters. The number of carbonyl (C=O) groups excluding carboxylic acids is 1. The van der Waals surface area contributed by atoms with Crippen LogP contribution in [0.5, 0.6) is 0 Å². The number of carbonyl (C=O) groups is 1. The Morgan fingerprint density at radius 2 is 1.78 bits per heavy atom. The van der Waals surface area contributed by atoms with Crippen LogP contribution < -0.4 is 5.32 Å². The van der Waals surface area contributed by atoms with E-state index in [0.717, 1.165) is 58.4 Å². The Morgan fingerprint density at radius 1 is 1.17 bits per heavy atom. The van der Waals surface area contributed by atoms with Crippen molar-refractivity contribution in [1.29, 1.82) is 0 Å². The number of rotatable bonds is 2. The van der Waals surface area contributed by atoms with Crippen LogP contribution in [0.25, 0.3) is 0 Å². The van der Waals surface area contributed by atoms with Crippen LogP contribution in [0, 0.1) is 0 Å². The summed E-state index contributed by atoms with van der Waals surface area (Å²) in [6.07, 6.45) is 3.28. The molecule has 0 aromatic carbocycles. The van der Waals surface area contributed by atoms with Crippen LogP contribution in [0.1, 0.15) is 32.6 Å². The van der Waals surface area contributed by atoms with E-state index in [2.05, 4.69) is 17.1 Å². The number of hydrogen-bond donors (Lipinski definition) is 2. The maximum Gasteiger partial charge on any atom is 0.317 e. The molecule has 0 bridgehead atoms. The number of urea groups is 1. The summed E-state index contributed by atoms with van der Waals surface area (Å²) in [5.74, 6) is 0. The normalized spacial score (nSPS) is 30.2. The number of piperazine rings is 1. The Bertz CT molecular complexity index is 269. The van der Waals surface area contributed by atoms with Crippen LogP contribution in [0.3, 0.4) is 0 Å². The predicted octanol–water partition coefficient (Wildman–Crippen LogP) is 0.637. The van der Waals surface area contributed by atoms with Gasteiger partial charge in [0.2, 0.25) is 0 Å². The van der Waals surface area contributed by atoms with Crippen LogP contribution in [0.4, 0.5) is 4.79 Å². The molecule has 1 heterocycles. The van der Waals surface area contributed by atoms with Crippen LogP contribution in [-0.2, 0) is 0 Å². The number of nitrogens with one attached hydrogen (secondary N) is 1. The van der Waals surface area contributed by atoms with Gasteiger partial charge in [0.1, 0.15) is 0 Å². The van der Waals surface area contributed by atoms with Gasteiger partial charge in [-0.15, -0.1) is 0 Å². The fourth-order valence-corrected chi connectivity index (χ4v) is 2.75. The fraction of sp³-hybridized carbons (Fsp3) is 0.923. The van der Waals surface area contributed by atoms with Crippen LogP contribution in [0.15, 0.2) is 0 Å². The smallest absolute Gasteiger partial charge is 0.317 e. The molecule has 2 fully saturated rings. The lowest BCUT2D eigenvalue weighted by Gasteiger charge is -2.35. The first-order valence-corrected chi connectivity index (χ1v) is 7.15. The molecule has 1 aliphatic carbocycles. The minimum atomic E-state index is -0.161. The molecular weight excluding hydrogens is 230 g/mol. The van der Waals surface area contributed by atoms with Crippen LogP contribution in [0.2, 0.25) is 0 Å². The molecule has 5 nitrogen and oxygen atoms in total. The molecule has 0 spiro atoms. The summed E-state index contributed by atoms with van der Waals surface area (Å²) in [7, 11) is 0. The van der Waals surface area contributed by atoms with Crippen molar-refractivity contribution in [2.45, 2.75) is 44.8 Å². The number of amides is 2. The second-order valence-electron chi connectivity index (χ2n) is 5.38. The van der Waals surface area contributed by atoms with Crippen molar-refractivity contribution < 1.29 is 9.90 Å². The summed E-state index contributed by atoms with van der Waals surface area (Å²) in [5.41, 5.74) is 0.